The molecule has 0 heterocycles. The van der Waals surface area contributed by atoms with Crippen molar-refractivity contribution < 1.29 is 19.4 Å². The average Bonchev–Trinajstić information content (AvgIpc) is 2.13. The molecule has 0 saturated carbocycles. The summed E-state index contributed by atoms with van der Waals surface area (Å²) in [5.74, 6) is -1.47. The number of rotatable bonds is 6. The minimum atomic E-state index is -1.08. The van der Waals surface area contributed by atoms with Crippen molar-refractivity contribution in [2.75, 3.05) is 13.2 Å². The van der Waals surface area contributed by atoms with Gasteiger partial charge >= 0.3 is 11.9 Å². The molecule has 0 radical (unpaired) electrons. The van der Waals surface area contributed by atoms with E-state index < -0.39 is 18.0 Å². The van der Waals surface area contributed by atoms with Crippen LogP contribution in [0.5, 0.6) is 0 Å². The van der Waals surface area contributed by atoms with Crippen LogP contribution in [-0.2, 0) is 14.3 Å². The molecule has 5 nitrogen and oxygen atoms in total. The Labute approximate surface area is 82.7 Å². The summed E-state index contributed by atoms with van der Waals surface area (Å²) in [5.41, 5.74) is 0.0150. The summed E-state index contributed by atoms with van der Waals surface area (Å²) in [4.78, 5) is 21.4. The molecule has 14 heavy (non-hydrogen) atoms. The lowest BCUT2D eigenvalue weighted by molar-refractivity contribution is -0.145. The Morgan fingerprint density at radius 1 is 1.57 bits per heavy atom. The summed E-state index contributed by atoms with van der Waals surface area (Å²) in [6.07, 6.45) is 0. The van der Waals surface area contributed by atoms with Crippen molar-refractivity contribution >= 4 is 11.9 Å². The predicted molar refractivity (Wildman–Crippen MR) is 50.9 cm³/mol. The van der Waals surface area contributed by atoms with Crippen molar-refractivity contribution in [1.29, 1.82) is 0 Å². The number of aliphatic carboxylic acids is 1. The van der Waals surface area contributed by atoms with Crippen LogP contribution < -0.4 is 5.32 Å². The van der Waals surface area contributed by atoms with Crippen LogP contribution in [0.25, 0.3) is 0 Å². The summed E-state index contributed by atoms with van der Waals surface area (Å²) in [6, 6.07) is -0.522. The van der Waals surface area contributed by atoms with E-state index >= 15 is 0 Å². The molecule has 0 aliphatic rings. The van der Waals surface area contributed by atoms with Gasteiger partial charge in [0.25, 0.3) is 0 Å². The van der Waals surface area contributed by atoms with E-state index in [1.807, 2.05) is 0 Å². The largest absolute Gasteiger partial charge is 0.478 e. The van der Waals surface area contributed by atoms with Crippen LogP contribution in [0.1, 0.15) is 13.8 Å². The zero-order valence-corrected chi connectivity index (χ0v) is 8.37. The first-order valence-corrected chi connectivity index (χ1v) is 4.30. The third-order valence-electron chi connectivity index (χ3n) is 1.56. The van der Waals surface area contributed by atoms with E-state index in [-0.39, 0.29) is 12.1 Å². The maximum absolute atomic E-state index is 11.1. The van der Waals surface area contributed by atoms with Gasteiger partial charge in [-0.1, -0.05) is 6.58 Å². The highest BCUT2D eigenvalue weighted by molar-refractivity contribution is 5.86. The Morgan fingerprint density at radius 2 is 2.14 bits per heavy atom. The summed E-state index contributed by atoms with van der Waals surface area (Å²) in [7, 11) is 0. The maximum atomic E-state index is 11.1. The second-order valence-electron chi connectivity index (χ2n) is 2.76. The number of hydrogen-bond acceptors (Lipinski definition) is 4. The van der Waals surface area contributed by atoms with Gasteiger partial charge in [-0.05, 0) is 13.8 Å². The highest BCUT2D eigenvalue weighted by Crippen LogP contribution is 1.91. The monoisotopic (exact) mass is 201 g/mol. The lowest BCUT2D eigenvalue weighted by Crippen LogP contribution is -2.37. The molecule has 80 valence electrons. The molecule has 2 N–H and O–H groups in total. The van der Waals surface area contributed by atoms with Gasteiger partial charge in [-0.3, -0.25) is 4.79 Å². The summed E-state index contributed by atoms with van der Waals surface area (Å²) >= 11 is 0. The van der Waals surface area contributed by atoms with E-state index in [0.29, 0.717) is 6.61 Å². The number of ether oxygens (including phenoxy) is 1. The fraction of sp³-hybridized carbons (Fsp3) is 0.556. The third-order valence-corrected chi connectivity index (χ3v) is 1.56. The van der Waals surface area contributed by atoms with Gasteiger partial charge in [-0.25, -0.2) is 4.79 Å². The minimum Gasteiger partial charge on any atom is -0.478 e. The van der Waals surface area contributed by atoms with Gasteiger partial charge in [-0.2, -0.15) is 0 Å². The van der Waals surface area contributed by atoms with Gasteiger partial charge in [-0.15, -0.1) is 0 Å². The molecule has 0 bridgehead atoms. The number of nitrogens with one attached hydrogen (secondary N) is 1. The van der Waals surface area contributed by atoms with E-state index in [9.17, 15) is 9.59 Å². The Bertz CT molecular complexity index is 237. The van der Waals surface area contributed by atoms with Crippen molar-refractivity contribution in [2.45, 2.75) is 19.9 Å². The molecule has 0 aliphatic heterocycles. The maximum Gasteiger partial charge on any atom is 0.332 e. The van der Waals surface area contributed by atoms with Crippen LogP contribution >= 0.6 is 0 Å². The first-order valence-electron chi connectivity index (χ1n) is 4.30. The highest BCUT2D eigenvalue weighted by Gasteiger charge is 2.14. The van der Waals surface area contributed by atoms with Crippen molar-refractivity contribution in [2.24, 2.45) is 0 Å². The van der Waals surface area contributed by atoms with E-state index in [1.54, 1.807) is 13.8 Å². The summed E-state index contributed by atoms with van der Waals surface area (Å²) < 4.78 is 4.72. The molecular weight excluding hydrogens is 186 g/mol. The van der Waals surface area contributed by atoms with Crippen LogP contribution in [0.4, 0.5) is 0 Å². The van der Waals surface area contributed by atoms with Crippen LogP contribution in [0.3, 0.4) is 0 Å². The van der Waals surface area contributed by atoms with Crippen molar-refractivity contribution in [3.8, 4) is 0 Å². The van der Waals surface area contributed by atoms with Gasteiger partial charge < -0.3 is 15.2 Å². The normalized spacial score (nSPS) is 11.9. The Hall–Kier alpha value is -1.36. The van der Waals surface area contributed by atoms with E-state index in [0.717, 1.165) is 0 Å². The highest BCUT2D eigenvalue weighted by atomic mass is 16.5. The Kier molecular flexibility index (Phi) is 5.55. The molecule has 0 aromatic carbocycles. The second kappa shape index (κ2) is 6.15. The molecule has 0 rings (SSSR count). The second-order valence-corrected chi connectivity index (χ2v) is 2.76. The van der Waals surface area contributed by atoms with Gasteiger partial charge in [0, 0.05) is 12.1 Å². The fourth-order valence-electron chi connectivity index (χ4n) is 0.702. The van der Waals surface area contributed by atoms with Gasteiger partial charge in [0.1, 0.15) is 6.04 Å². The number of carboxylic acids is 1. The lowest BCUT2D eigenvalue weighted by Gasteiger charge is -2.11. The molecule has 1 atom stereocenters. The molecule has 0 aromatic heterocycles. The van der Waals surface area contributed by atoms with Crippen LogP contribution in [-0.4, -0.2) is 36.2 Å². The number of hydrogen-bond donors (Lipinski definition) is 2. The molecule has 5 heteroatoms. The van der Waals surface area contributed by atoms with Crippen molar-refractivity contribution in [3.05, 3.63) is 12.2 Å². The molecule has 0 amide bonds. The van der Waals surface area contributed by atoms with Crippen molar-refractivity contribution in [1.82, 2.24) is 5.32 Å². The summed E-state index contributed by atoms with van der Waals surface area (Å²) in [5, 5.41) is 11.2. The number of esters is 1. The van der Waals surface area contributed by atoms with Gasteiger partial charge in [0.2, 0.25) is 0 Å². The topological polar surface area (TPSA) is 75.6 Å². The SMILES string of the molecule is C=C(CNC(C)C(=O)OCC)C(=O)O. The average molecular weight is 201 g/mol. The zero-order valence-electron chi connectivity index (χ0n) is 8.37. The summed E-state index contributed by atoms with van der Waals surface area (Å²) in [6.45, 7) is 7.01. The van der Waals surface area contributed by atoms with E-state index in [2.05, 4.69) is 11.9 Å². The first kappa shape index (κ1) is 12.6. The van der Waals surface area contributed by atoms with Crippen LogP contribution in [0.2, 0.25) is 0 Å². The molecule has 1 unspecified atom stereocenters. The van der Waals surface area contributed by atoms with E-state index in [1.165, 1.54) is 0 Å². The zero-order chi connectivity index (χ0) is 11.1. The molecule has 0 spiro atoms. The number of carbonyl (C=O) groups is 2. The quantitative estimate of drug-likeness (QED) is 0.473. The molecule has 0 aliphatic carbocycles. The Balaban J connectivity index is 3.84. The molecule has 0 saturated heterocycles. The number of carbonyl (C=O) groups excluding carboxylic acids is 1. The van der Waals surface area contributed by atoms with E-state index in [4.69, 9.17) is 9.84 Å². The van der Waals surface area contributed by atoms with Crippen molar-refractivity contribution in [3.63, 3.8) is 0 Å². The Morgan fingerprint density at radius 3 is 2.57 bits per heavy atom. The smallest absolute Gasteiger partial charge is 0.332 e. The minimum absolute atomic E-state index is 0.0150. The van der Waals surface area contributed by atoms with Crippen LogP contribution in [0, 0.1) is 0 Å². The van der Waals surface area contributed by atoms with Crippen LogP contribution in [0.15, 0.2) is 12.2 Å². The number of carboxylic acid groups (broad SMARTS) is 1. The predicted octanol–water partition coefficient (Wildman–Crippen LogP) is 0.168. The first-order chi connectivity index (χ1) is 6.49. The lowest BCUT2D eigenvalue weighted by atomic mass is 10.2. The standard InChI is InChI=1S/C9H15NO4/c1-4-14-9(13)7(3)10-5-6(2)8(11)12/h7,10H,2,4-5H2,1,3H3,(H,11,12). The van der Waals surface area contributed by atoms with Gasteiger partial charge in [0.15, 0.2) is 0 Å². The van der Waals surface area contributed by atoms with Gasteiger partial charge in [0.05, 0.1) is 6.61 Å². The molecule has 0 fully saturated rings. The molecule has 0 aromatic rings. The fourth-order valence-corrected chi connectivity index (χ4v) is 0.702. The third kappa shape index (κ3) is 4.61. The molecular formula is C9H15NO4.